The molecule has 0 N–H and O–H groups in total. The summed E-state index contributed by atoms with van der Waals surface area (Å²) in [4.78, 5) is 38.0. The summed E-state index contributed by atoms with van der Waals surface area (Å²) < 4.78 is 5.19. The van der Waals surface area contributed by atoms with Gasteiger partial charge >= 0.3 is 5.97 Å². The van der Waals surface area contributed by atoms with E-state index in [9.17, 15) is 14.4 Å². The number of hydrogen-bond donors (Lipinski definition) is 0. The zero-order valence-corrected chi connectivity index (χ0v) is 15.4. The van der Waals surface area contributed by atoms with Gasteiger partial charge < -0.3 is 9.64 Å². The largest absolute Gasteiger partial charge is 0.453 e. The van der Waals surface area contributed by atoms with Gasteiger partial charge in [0.15, 0.2) is 11.9 Å². The van der Waals surface area contributed by atoms with Crippen LogP contribution in [-0.4, -0.2) is 41.8 Å². The van der Waals surface area contributed by atoms with Crippen LogP contribution in [0.4, 0.5) is 0 Å². The number of carbonyl (C=O) groups excluding carboxylic acids is 3. The second-order valence-corrected chi connectivity index (χ2v) is 7.01. The normalized spacial score (nSPS) is 16.4. The molecule has 1 fully saturated rings. The van der Waals surface area contributed by atoms with E-state index in [0.29, 0.717) is 29.6 Å². The average molecular weight is 366 g/mol. The summed E-state index contributed by atoms with van der Waals surface area (Å²) in [5.41, 5.74) is 0.503. The van der Waals surface area contributed by atoms with E-state index in [-0.39, 0.29) is 24.5 Å². The van der Waals surface area contributed by atoms with E-state index in [0.717, 1.165) is 12.8 Å². The van der Waals surface area contributed by atoms with Gasteiger partial charge in [0, 0.05) is 30.1 Å². The van der Waals surface area contributed by atoms with Crippen LogP contribution in [-0.2, 0) is 14.3 Å². The number of halogens is 1. The highest BCUT2D eigenvalue weighted by Gasteiger charge is 2.26. The lowest BCUT2D eigenvalue weighted by Gasteiger charge is -2.31. The Balaban J connectivity index is 1.76. The van der Waals surface area contributed by atoms with Crippen molar-refractivity contribution in [3.8, 4) is 0 Å². The number of nitrogens with zero attached hydrogens (tertiary/aromatic N) is 1. The third-order valence-corrected chi connectivity index (χ3v) is 4.73. The number of rotatable bonds is 6. The fourth-order valence-electron chi connectivity index (χ4n) is 2.79. The molecular weight excluding hydrogens is 342 g/mol. The van der Waals surface area contributed by atoms with Gasteiger partial charge in [0.25, 0.3) is 5.91 Å². The topological polar surface area (TPSA) is 63.7 Å². The Kier molecular flexibility index (Phi) is 7.00. The quantitative estimate of drug-likeness (QED) is 0.571. The Labute approximate surface area is 153 Å². The van der Waals surface area contributed by atoms with Crippen LogP contribution in [0.3, 0.4) is 0 Å². The Hall–Kier alpha value is -1.88. The molecule has 1 unspecified atom stereocenters. The molecule has 1 atom stereocenters. The molecule has 1 aromatic rings. The van der Waals surface area contributed by atoms with Crippen molar-refractivity contribution >= 4 is 29.3 Å². The number of Topliss-reactive ketones (excluding diaryl/α,β-unsaturated/α-hetero) is 1. The van der Waals surface area contributed by atoms with Crippen molar-refractivity contribution in [2.24, 2.45) is 5.92 Å². The number of carbonyl (C=O) groups is 3. The zero-order valence-electron chi connectivity index (χ0n) is 14.7. The molecule has 0 aliphatic carbocycles. The highest BCUT2D eigenvalue weighted by molar-refractivity contribution is 6.30. The van der Waals surface area contributed by atoms with Gasteiger partial charge in [0.2, 0.25) is 0 Å². The monoisotopic (exact) mass is 365 g/mol. The van der Waals surface area contributed by atoms with Gasteiger partial charge in [-0.25, -0.2) is 0 Å². The summed E-state index contributed by atoms with van der Waals surface area (Å²) in [7, 11) is 0. The van der Waals surface area contributed by atoms with Gasteiger partial charge in [-0.3, -0.25) is 14.4 Å². The molecule has 25 heavy (non-hydrogen) atoms. The highest BCUT2D eigenvalue weighted by atomic mass is 35.5. The lowest BCUT2D eigenvalue weighted by Crippen LogP contribution is -2.44. The third-order valence-electron chi connectivity index (χ3n) is 4.47. The maximum Gasteiger partial charge on any atom is 0.307 e. The minimum Gasteiger partial charge on any atom is -0.453 e. The number of esters is 1. The van der Waals surface area contributed by atoms with Crippen molar-refractivity contribution < 1.29 is 19.1 Å². The highest BCUT2D eigenvalue weighted by Crippen LogP contribution is 2.17. The standard InChI is InChI=1S/C19H24ClNO4/c1-13-9-11-21(12-10-13)19(24)14(2)25-18(23)8-7-17(22)15-3-5-16(20)6-4-15/h3-6,13-14H,7-12H2,1-2H3. The lowest BCUT2D eigenvalue weighted by atomic mass is 9.99. The van der Waals surface area contributed by atoms with E-state index in [2.05, 4.69) is 6.92 Å². The molecule has 1 saturated heterocycles. The van der Waals surface area contributed by atoms with E-state index in [1.807, 2.05) is 0 Å². The first-order chi connectivity index (χ1) is 11.9. The van der Waals surface area contributed by atoms with Gasteiger partial charge in [-0.15, -0.1) is 0 Å². The summed E-state index contributed by atoms with van der Waals surface area (Å²) in [5.74, 6) is -0.226. The summed E-state index contributed by atoms with van der Waals surface area (Å²) in [6.45, 7) is 5.16. The van der Waals surface area contributed by atoms with Gasteiger partial charge in [-0.2, -0.15) is 0 Å². The number of amides is 1. The van der Waals surface area contributed by atoms with E-state index < -0.39 is 12.1 Å². The number of ether oxygens (including phenoxy) is 1. The van der Waals surface area contributed by atoms with E-state index in [4.69, 9.17) is 16.3 Å². The summed E-state index contributed by atoms with van der Waals surface area (Å²) in [5, 5.41) is 0.551. The first-order valence-electron chi connectivity index (χ1n) is 8.64. The fraction of sp³-hybridized carbons (Fsp3) is 0.526. The third kappa shape index (κ3) is 5.85. The Morgan fingerprint density at radius 1 is 1.16 bits per heavy atom. The van der Waals surface area contributed by atoms with Crippen molar-refractivity contribution in [2.75, 3.05) is 13.1 Å². The van der Waals surface area contributed by atoms with Crippen LogP contribution in [0.15, 0.2) is 24.3 Å². The van der Waals surface area contributed by atoms with Crippen LogP contribution < -0.4 is 0 Å². The molecular formula is C19H24ClNO4. The van der Waals surface area contributed by atoms with Crippen molar-refractivity contribution in [3.05, 3.63) is 34.9 Å². The Bertz CT molecular complexity index is 621. The first kappa shape index (κ1) is 19.4. The van der Waals surface area contributed by atoms with E-state index in [1.54, 1.807) is 36.1 Å². The summed E-state index contributed by atoms with van der Waals surface area (Å²) in [6, 6.07) is 6.51. The lowest BCUT2D eigenvalue weighted by molar-refractivity contribution is -0.159. The second-order valence-electron chi connectivity index (χ2n) is 6.57. The van der Waals surface area contributed by atoms with E-state index in [1.165, 1.54) is 0 Å². The molecule has 2 rings (SSSR count). The average Bonchev–Trinajstić information content (AvgIpc) is 2.60. The molecule has 1 amide bonds. The Morgan fingerprint density at radius 3 is 2.36 bits per heavy atom. The van der Waals surface area contributed by atoms with Crippen molar-refractivity contribution in [1.82, 2.24) is 4.90 Å². The molecule has 0 bridgehead atoms. The molecule has 0 spiro atoms. The van der Waals surface area contributed by atoms with Crippen LogP contribution in [0.5, 0.6) is 0 Å². The number of benzene rings is 1. The van der Waals surface area contributed by atoms with Gasteiger partial charge in [0.1, 0.15) is 0 Å². The van der Waals surface area contributed by atoms with Crippen molar-refractivity contribution in [3.63, 3.8) is 0 Å². The van der Waals surface area contributed by atoms with Crippen LogP contribution in [0.1, 0.15) is 49.9 Å². The second kappa shape index (κ2) is 8.99. The predicted molar refractivity (Wildman–Crippen MR) is 95.5 cm³/mol. The van der Waals surface area contributed by atoms with Crippen LogP contribution >= 0.6 is 11.6 Å². The van der Waals surface area contributed by atoms with Gasteiger partial charge in [0.05, 0.1) is 6.42 Å². The predicted octanol–water partition coefficient (Wildman–Crippen LogP) is 3.49. The van der Waals surface area contributed by atoms with Crippen molar-refractivity contribution in [1.29, 1.82) is 0 Å². The minimum absolute atomic E-state index is 0.0443. The molecule has 1 aliphatic rings. The number of hydrogen-bond acceptors (Lipinski definition) is 4. The van der Waals surface area contributed by atoms with Crippen LogP contribution in [0, 0.1) is 5.92 Å². The summed E-state index contributed by atoms with van der Waals surface area (Å²) in [6.07, 6.45) is 1.13. The smallest absolute Gasteiger partial charge is 0.307 e. The molecule has 0 aromatic heterocycles. The van der Waals surface area contributed by atoms with Crippen molar-refractivity contribution in [2.45, 2.75) is 45.6 Å². The number of ketones is 1. The minimum atomic E-state index is -0.813. The molecule has 1 aromatic carbocycles. The first-order valence-corrected chi connectivity index (χ1v) is 9.01. The molecule has 136 valence electrons. The fourth-order valence-corrected chi connectivity index (χ4v) is 2.91. The van der Waals surface area contributed by atoms with Gasteiger partial charge in [-0.05, 0) is 49.9 Å². The number of likely N-dealkylation sites (tertiary alicyclic amines) is 1. The maximum atomic E-state index is 12.3. The maximum absolute atomic E-state index is 12.3. The molecule has 1 heterocycles. The summed E-state index contributed by atoms with van der Waals surface area (Å²) >= 11 is 5.78. The zero-order chi connectivity index (χ0) is 18.4. The SMILES string of the molecule is CC1CCN(C(=O)C(C)OC(=O)CCC(=O)c2ccc(Cl)cc2)CC1. The molecule has 1 aliphatic heterocycles. The van der Waals surface area contributed by atoms with Crippen LogP contribution in [0.25, 0.3) is 0 Å². The van der Waals surface area contributed by atoms with Crippen LogP contribution in [0.2, 0.25) is 5.02 Å². The van der Waals surface area contributed by atoms with Gasteiger partial charge in [-0.1, -0.05) is 18.5 Å². The number of piperidine rings is 1. The van der Waals surface area contributed by atoms with E-state index >= 15 is 0 Å². The molecule has 0 radical (unpaired) electrons. The molecule has 6 heteroatoms. The Morgan fingerprint density at radius 2 is 1.76 bits per heavy atom. The molecule has 0 saturated carbocycles. The molecule has 5 nitrogen and oxygen atoms in total.